The van der Waals surface area contributed by atoms with Gasteiger partial charge < -0.3 is 15.6 Å². The number of carbonyl (C=O) groups excluding carboxylic acids is 1. The van der Waals surface area contributed by atoms with E-state index in [9.17, 15) is 4.79 Å². The fraction of sp³-hybridized carbons (Fsp3) is 0. The van der Waals surface area contributed by atoms with E-state index in [4.69, 9.17) is 4.98 Å². The quantitative estimate of drug-likeness (QED) is 0.189. The molecule has 0 atom stereocenters. The molecule has 7 aromatic rings. The summed E-state index contributed by atoms with van der Waals surface area (Å²) in [7, 11) is 0. The second-order valence-electron chi connectivity index (χ2n) is 9.07. The Kier molecular flexibility index (Phi) is 5.33. The Bertz CT molecular complexity index is 1940. The van der Waals surface area contributed by atoms with E-state index in [0.29, 0.717) is 23.0 Å². The first-order valence-electron chi connectivity index (χ1n) is 12.2. The minimum absolute atomic E-state index is 0.221. The first-order valence-corrected chi connectivity index (χ1v) is 12.2. The Morgan fingerprint density at radius 1 is 0.744 bits per heavy atom. The summed E-state index contributed by atoms with van der Waals surface area (Å²) >= 11 is 0. The molecule has 188 valence electrons. The van der Waals surface area contributed by atoms with Gasteiger partial charge in [0, 0.05) is 51.2 Å². The van der Waals surface area contributed by atoms with Gasteiger partial charge in [-0.3, -0.25) is 15.0 Å². The third kappa shape index (κ3) is 4.46. The van der Waals surface area contributed by atoms with E-state index in [1.54, 1.807) is 18.6 Å². The van der Waals surface area contributed by atoms with E-state index in [0.717, 1.165) is 44.2 Å². The van der Waals surface area contributed by atoms with Crippen molar-refractivity contribution in [1.82, 2.24) is 35.3 Å². The minimum atomic E-state index is -0.221. The topological polar surface area (TPSA) is 140 Å². The lowest BCUT2D eigenvalue weighted by Crippen LogP contribution is -2.12. The molecule has 10 heteroatoms. The maximum Gasteiger partial charge on any atom is 0.272 e. The number of nitrogens with zero attached hydrogens (tertiary/aromatic N) is 4. The highest BCUT2D eigenvalue weighted by molar-refractivity contribution is 6.06. The number of rotatable bonds is 6. The SMILES string of the molecule is O=C(Nc1ccc(-c2cn[nH]c2)cc1)c1cc2ccc(-c3nccc(Nc4ccc5[nH]ncc5c4)n3)cc2[nH]1. The Labute approximate surface area is 221 Å². The van der Waals surface area contributed by atoms with Gasteiger partial charge in [-0.05, 0) is 54.1 Å². The standard InChI is InChI=1S/C29H21N9O/c39-29(35-22-5-3-17(4-6-22)21-15-31-32-16-21)26-12-18-1-2-19(13-25(18)36-26)28-30-10-9-27(37-28)34-23-7-8-24-20(11-23)14-33-38-24/h1-16,36H,(H,31,32)(H,33,38)(H,35,39)(H,30,34,37). The number of amides is 1. The summed E-state index contributed by atoms with van der Waals surface area (Å²) in [4.78, 5) is 25.3. The number of anilines is 3. The molecule has 10 nitrogen and oxygen atoms in total. The van der Waals surface area contributed by atoms with Crippen molar-refractivity contribution in [2.75, 3.05) is 10.6 Å². The van der Waals surface area contributed by atoms with Crippen LogP contribution in [0.15, 0.2) is 97.6 Å². The molecule has 0 spiro atoms. The molecule has 0 aliphatic heterocycles. The molecule has 0 aliphatic rings. The van der Waals surface area contributed by atoms with Gasteiger partial charge in [0.1, 0.15) is 11.5 Å². The van der Waals surface area contributed by atoms with Crippen LogP contribution in [-0.4, -0.2) is 41.3 Å². The van der Waals surface area contributed by atoms with Crippen molar-refractivity contribution in [3.05, 3.63) is 103 Å². The van der Waals surface area contributed by atoms with Crippen molar-refractivity contribution in [2.45, 2.75) is 0 Å². The number of carbonyl (C=O) groups is 1. The van der Waals surface area contributed by atoms with Crippen LogP contribution in [-0.2, 0) is 0 Å². The Hall–Kier alpha value is -5.77. The minimum Gasteiger partial charge on any atom is -0.350 e. The number of benzene rings is 3. The molecule has 0 aliphatic carbocycles. The highest BCUT2D eigenvalue weighted by Gasteiger charge is 2.12. The largest absolute Gasteiger partial charge is 0.350 e. The van der Waals surface area contributed by atoms with E-state index in [2.05, 4.69) is 41.0 Å². The number of nitrogens with one attached hydrogen (secondary N) is 5. The smallest absolute Gasteiger partial charge is 0.272 e. The van der Waals surface area contributed by atoms with Crippen molar-refractivity contribution in [3.63, 3.8) is 0 Å². The predicted octanol–water partition coefficient (Wildman–Crippen LogP) is 5.89. The van der Waals surface area contributed by atoms with E-state index >= 15 is 0 Å². The Morgan fingerprint density at radius 3 is 2.49 bits per heavy atom. The average molecular weight is 512 g/mol. The number of aromatic nitrogens is 7. The first kappa shape index (κ1) is 22.4. The molecule has 0 bridgehead atoms. The highest BCUT2D eigenvalue weighted by Crippen LogP contribution is 2.26. The monoisotopic (exact) mass is 511 g/mol. The van der Waals surface area contributed by atoms with E-state index in [-0.39, 0.29) is 5.91 Å². The summed E-state index contributed by atoms with van der Waals surface area (Å²) < 4.78 is 0. The predicted molar refractivity (Wildman–Crippen MR) is 151 cm³/mol. The summed E-state index contributed by atoms with van der Waals surface area (Å²) in [5.41, 5.74) is 6.70. The highest BCUT2D eigenvalue weighted by atomic mass is 16.1. The fourth-order valence-corrected chi connectivity index (χ4v) is 4.48. The van der Waals surface area contributed by atoms with Crippen LogP contribution in [0.2, 0.25) is 0 Å². The van der Waals surface area contributed by atoms with Gasteiger partial charge in [0.2, 0.25) is 0 Å². The van der Waals surface area contributed by atoms with Crippen LogP contribution in [0.25, 0.3) is 44.3 Å². The van der Waals surface area contributed by atoms with Crippen molar-refractivity contribution in [3.8, 4) is 22.5 Å². The van der Waals surface area contributed by atoms with Gasteiger partial charge >= 0.3 is 0 Å². The molecule has 3 aromatic carbocycles. The molecule has 4 aromatic heterocycles. The maximum atomic E-state index is 12.9. The van der Waals surface area contributed by atoms with Crippen molar-refractivity contribution in [2.24, 2.45) is 0 Å². The van der Waals surface area contributed by atoms with E-state index < -0.39 is 0 Å². The maximum absolute atomic E-state index is 12.9. The first-order chi connectivity index (χ1) is 19.2. The summed E-state index contributed by atoms with van der Waals surface area (Å²) in [6.07, 6.45) is 7.08. The van der Waals surface area contributed by atoms with Gasteiger partial charge in [-0.1, -0.05) is 24.3 Å². The van der Waals surface area contributed by atoms with Crippen molar-refractivity contribution in [1.29, 1.82) is 0 Å². The fourth-order valence-electron chi connectivity index (χ4n) is 4.48. The second-order valence-corrected chi connectivity index (χ2v) is 9.07. The molecule has 0 unspecified atom stereocenters. The van der Waals surface area contributed by atoms with Crippen LogP contribution in [0.5, 0.6) is 0 Å². The van der Waals surface area contributed by atoms with Crippen LogP contribution in [0, 0.1) is 0 Å². The molecular weight excluding hydrogens is 490 g/mol. The van der Waals surface area contributed by atoms with Crippen LogP contribution in [0.4, 0.5) is 17.2 Å². The Morgan fingerprint density at radius 2 is 1.62 bits per heavy atom. The Balaban J connectivity index is 1.09. The molecule has 7 rings (SSSR count). The average Bonchev–Trinajstić information content (AvgIpc) is 3.74. The van der Waals surface area contributed by atoms with Crippen molar-refractivity contribution >= 4 is 44.9 Å². The van der Waals surface area contributed by atoms with Gasteiger partial charge in [0.15, 0.2) is 5.82 Å². The van der Waals surface area contributed by atoms with Gasteiger partial charge in [-0.25, -0.2) is 9.97 Å². The normalized spacial score (nSPS) is 11.2. The zero-order chi connectivity index (χ0) is 26.2. The third-order valence-corrected chi connectivity index (χ3v) is 6.47. The zero-order valence-electron chi connectivity index (χ0n) is 20.4. The van der Waals surface area contributed by atoms with Gasteiger partial charge in [0.05, 0.1) is 17.9 Å². The molecule has 4 heterocycles. The molecule has 0 saturated carbocycles. The lowest BCUT2D eigenvalue weighted by atomic mass is 10.1. The summed E-state index contributed by atoms with van der Waals surface area (Å²) in [5.74, 6) is 1.03. The number of H-pyrrole nitrogens is 3. The molecule has 5 N–H and O–H groups in total. The van der Waals surface area contributed by atoms with Gasteiger partial charge in [-0.2, -0.15) is 10.2 Å². The van der Waals surface area contributed by atoms with Crippen molar-refractivity contribution < 1.29 is 4.79 Å². The summed E-state index contributed by atoms with van der Waals surface area (Å²) in [6.45, 7) is 0. The van der Waals surface area contributed by atoms with E-state index in [1.165, 1.54) is 0 Å². The van der Waals surface area contributed by atoms with Crippen LogP contribution >= 0.6 is 0 Å². The van der Waals surface area contributed by atoms with Gasteiger partial charge in [-0.15, -0.1) is 0 Å². The third-order valence-electron chi connectivity index (χ3n) is 6.47. The van der Waals surface area contributed by atoms with Crippen LogP contribution in [0.1, 0.15) is 10.5 Å². The van der Waals surface area contributed by atoms with Crippen LogP contribution < -0.4 is 10.6 Å². The summed E-state index contributed by atoms with van der Waals surface area (Å²) in [5, 5.41) is 22.0. The van der Waals surface area contributed by atoms with Crippen LogP contribution in [0.3, 0.4) is 0 Å². The molecule has 39 heavy (non-hydrogen) atoms. The molecular formula is C29H21N9O. The summed E-state index contributed by atoms with van der Waals surface area (Å²) in [6, 6.07) is 23.1. The molecule has 0 fully saturated rings. The molecule has 0 saturated heterocycles. The number of hydrogen-bond donors (Lipinski definition) is 5. The van der Waals surface area contributed by atoms with Gasteiger partial charge in [0.25, 0.3) is 5.91 Å². The lowest BCUT2D eigenvalue weighted by Gasteiger charge is -2.07. The molecule has 0 radical (unpaired) electrons. The number of fused-ring (bicyclic) bond motifs is 2. The number of aromatic amines is 3. The van der Waals surface area contributed by atoms with E-state index in [1.807, 2.05) is 79.0 Å². The zero-order valence-corrected chi connectivity index (χ0v) is 20.4. The number of hydrogen-bond acceptors (Lipinski definition) is 6. The second kappa shape index (κ2) is 9.27. The molecule has 1 amide bonds. The lowest BCUT2D eigenvalue weighted by molar-refractivity contribution is 0.102.